The van der Waals surface area contributed by atoms with E-state index in [2.05, 4.69) is 0 Å². The van der Waals surface area contributed by atoms with E-state index in [1.165, 1.54) is 0 Å². The molecule has 0 aliphatic heterocycles. The van der Waals surface area contributed by atoms with E-state index in [9.17, 15) is 13.6 Å². The van der Waals surface area contributed by atoms with Gasteiger partial charge < -0.3 is 9.53 Å². The molecule has 0 bridgehead atoms. The van der Waals surface area contributed by atoms with Crippen LogP contribution >= 0.6 is 0 Å². The zero-order chi connectivity index (χ0) is 17.7. The molecule has 8 heteroatoms. The Labute approximate surface area is 132 Å². The molecule has 2 atom stereocenters. The number of nitrogens with zero attached hydrogens (tertiary/aromatic N) is 2. The van der Waals surface area contributed by atoms with Crippen LogP contribution in [-0.4, -0.2) is 49.5 Å². The summed E-state index contributed by atoms with van der Waals surface area (Å²) in [6.45, 7) is 10.8. The molecule has 1 amide bonds. The summed E-state index contributed by atoms with van der Waals surface area (Å²) >= 11 is 0. The van der Waals surface area contributed by atoms with Crippen molar-refractivity contribution in [3.8, 4) is 6.07 Å². The van der Waals surface area contributed by atoms with E-state index in [0.717, 1.165) is 0 Å². The van der Waals surface area contributed by atoms with Gasteiger partial charge in [0.2, 0.25) is 0 Å². The van der Waals surface area contributed by atoms with E-state index in [1.54, 1.807) is 6.92 Å². The maximum atomic E-state index is 12.6. The van der Waals surface area contributed by atoms with Gasteiger partial charge in [0.1, 0.15) is 0 Å². The minimum absolute atomic E-state index is 0.102. The van der Waals surface area contributed by atoms with Crippen LogP contribution in [0.15, 0.2) is 0 Å². The van der Waals surface area contributed by atoms with Gasteiger partial charge >= 0.3 is 6.09 Å². The van der Waals surface area contributed by atoms with Crippen molar-refractivity contribution in [1.82, 2.24) is 4.90 Å². The Morgan fingerprint density at radius 3 is 2.23 bits per heavy atom. The first-order valence-corrected chi connectivity index (χ1v) is 10.1. The van der Waals surface area contributed by atoms with Crippen LogP contribution in [0.5, 0.6) is 0 Å². The van der Waals surface area contributed by atoms with Crippen molar-refractivity contribution in [3.05, 3.63) is 0 Å². The molecule has 0 saturated carbocycles. The van der Waals surface area contributed by atoms with Gasteiger partial charge in [-0.15, -0.1) is 0 Å². The summed E-state index contributed by atoms with van der Waals surface area (Å²) in [5, 5.41) is 18.0. The van der Waals surface area contributed by atoms with Crippen molar-refractivity contribution in [3.63, 3.8) is 0 Å². The first-order chi connectivity index (χ1) is 9.83. The lowest BCUT2D eigenvalue weighted by Crippen LogP contribution is -2.53. The van der Waals surface area contributed by atoms with E-state index in [4.69, 9.17) is 14.8 Å². The van der Waals surface area contributed by atoms with Crippen molar-refractivity contribution in [2.75, 3.05) is 6.54 Å². The predicted molar refractivity (Wildman–Crippen MR) is 82.5 cm³/mol. The van der Waals surface area contributed by atoms with Crippen LogP contribution in [0.25, 0.3) is 0 Å². The van der Waals surface area contributed by atoms with E-state index >= 15 is 0 Å². The molecule has 0 aliphatic rings. The number of rotatable bonds is 7. The molecule has 0 spiro atoms. The summed E-state index contributed by atoms with van der Waals surface area (Å²) in [6, 6.07) is 0.956. The van der Waals surface area contributed by atoms with E-state index in [1.807, 2.05) is 39.9 Å². The fourth-order valence-corrected chi connectivity index (χ4v) is 3.29. The molecular weight excluding hydrogens is 310 g/mol. The number of hydrogen-bond acceptors (Lipinski definition) is 3. The normalized spacial score (nSPS) is 15.3. The molecule has 1 N–H and O–H groups in total. The second-order valence-corrected chi connectivity index (χ2v) is 11.6. The van der Waals surface area contributed by atoms with Gasteiger partial charge in [-0.1, -0.05) is 20.8 Å². The van der Waals surface area contributed by atoms with Crippen LogP contribution in [0, 0.1) is 11.3 Å². The molecule has 0 aromatic heterocycles. The van der Waals surface area contributed by atoms with Crippen LogP contribution in [0.2, 0.25) is 18.1 Å². The van der Waals surface area contributed by atoms with Gasteiger partial charge in [-0.25, -0.2) is 13.6 Å². The summed E-state index contributed by atoms with van der Waals surface area (Å²) < 4.78 is 31.3. The predicted octanol–water partition coefficient (Wildman–Crippen LogP) is 3.92. The SMILES string of the molecule is CC(O[Si](C)(C)C(C)(C)C)C(CC#N)N(CC(F)F)C(=O)O. The van der Waals surface area contributed by atoms with Gasteiger partial charge in [-0.05, 0) is 25.1 Å². The first-order valence-electron chi connectivity index (χ1n) is 7.16. The Bertz CT molecular complexity index is 419. The lowest BCUT2D eigenvalue weighted by atomic mass is 10.1. The van der Waals surface area contributed by atoms with Gasteiger partial charge in [0, 0.05) is 0 Å². The molecule has 0 aromatic carbocycles. The van der Waals surface area contributed by atoms with Crippen LogP contribution in [-0.2, 0) is 4.43 Å². The lowest BCUT2D eigenvalue weighted by molar-refractivity contribution is 0.0264. The molecule has 0 aliphatic carbocycles. The molecule has 128 valence electrons. The molecule has 0 fully saturated rings. The van der Waals surface area contributed by atoms with E-state index in [0.29, 0.717) is 4.90 Å². The van der Waals surface area contributed by atoms with Crippen LogP contribution in [0.3, 0.4) is 0 Å². The van der Waals surface area contributed by atoms with Crippen LogP contribution in [0.4, 0.5) is 13.6 Å². The number of halogens is 2. The quantitative estimate of drug-likeness (QED) is 0.715. The summed E-state index contributed by atoms with van der Waals surface area (Å²) in [6.07, 6.45) is -5.08. The van der Waals surface area contributed by atoms with Crippen LogP contribution in [0.1, 0.15) is 34.1 Å². The fourth-order valence-electron chi connectivity index (χ4n) is 1.85. The molecule has 0 rings (SSSR count). The van der Waals surface area contributed by atoms with Crippen molar-refractivity contribution in [2.45, 2.75) is 70.8 Å². The van der Waals surface area contributed by atoms with Crippen molar-refractivity contribution in [1.29, 1.82) is 5.26 Å². The average molecular weight is 336 g/mol. The number of hydrogen-bond donors (Lipinski definition) is 1. The molecule has 0 saturated heterocycles. The molecular formula is C14H26F2N2O3Si. The highest BCUT2D eigenvalue weighted by Gasteiger charge is 2.41. The molecule has 0 aromatic rings. The summed E-state index contributed by atoms with van der Waals surface area (Å²) in [5.41, 5.74) is 0. The smallest absolute Gasteiger partial charge is 0.407 e. The van der Waals surface area contributed by atoms with E-state index < -0.39 is 39.5 Å². The van der Waals surface area contributed by atoms with Crippen LogP contribution < -0.4 is 0 Å². The number of nitriles is 1. The molecule has 22 heavy (non-hydrogen) atoms. The second kappa shape index (κ2) is 7.88. The van der Waals surface area contributed by atoms with Gasteiger partial charge in [0.25, 0.3) is 6.43 Å². The minimum atomic E-state index is -2.79. The summed E-state index contributed by atoms with van der Waals surface area (Å²) in [7, 11) is -2.20. The van der Waals surface area contributed by atoms with Gasteiger partial charge in [-0.2, -0.15) is 5.26 Å². The molecule has 5 nitrogen and oxygen atoms in total. The fraction of sp³-hybridized carbons (Fsp3) is 0.857. The summed E-state index contributed by atoms with van der Waals surface area (Å²) in [4.78, 5) is 11.9. The zero-order valence-electron chi connectivity index (χ0n) is 14.1. The van der Waals surface area contributed by atoms with Gasteiger partial charge in [-0.3, -0.25) is 4.90 Å². The Morgan fingerprint density at radius 1 is 1.41 bits per heavy atom. The van der Waals surface area contributed by atoms with Gasteiger partial charge in [0.15, 0.2) is 8.32 Å². The standard InChI is InChI=1S/C14H26F2N2O3Si/c1-10(21-22(5,6)14(2,3)4)11(7-8-17)18(13(19)20)9-12(15)16/h10-12H,7,9H2,1-6H3,(H,19,20). The number of alkyl halides is 2. The number of amides is 1. The molecule has 0 heterocycles. The summed E-state index contributed by atoms with van der Waals surface area (Å²) in [5.74, 6) is 0. The topological polar surface area (TPSA) is 73.6 Å². The highest BCUT2D eigenvalue weighted by Crippen LogP contribution is 2.38. The largest absolute Gasteiger partial charge is 0.465 e. The second-order valence-electron chi connectivity index (χ2n) is 6.84. The minimum Gasteiger partial charge on any atom is -0.465 e. The molecule has 2 unspecified atom stereocenters. The third-order valence-corrected chi connectivity index (χ3v) is 8.68. The highest BCUT2D eigenvalue weighted by molar-refractivity contribution is 6.74. The average Bonchev–Trinajstić information content (AvgIpc) is 2.30. The Hall–Kier alpha value is -1.20. The van der Waals surface area contributed by atoms with Crippen molar-refractivity contribution in [2.24, 2.45) is 0 Å². The van der Waals surface area contributed by atoms with Crippen molar-refractivity contribution < 1.29 is 23.1 Å². The van der Waals surface area contributed by atoms with Crippen molar-refractivity contribution >= 4 is 14.4 Å². The first kappa shape index (κ1) is 20.8. The Balaban J connectivity index is 5.30. The number of carboxylic acid groups (broad SMARTS) is 1. The zero-order valence-corrected chi connectivity index (χ0v) is 15.1. The monoisotopic (exact) mass is 336 g/mol. The molecule has 0 radical (unpaired) electrons. The Morgan fingerprint density at radius 2 is 1.91 bits per heavy atom. The maximum absolute atomic E-state index is 12.6. The van der Waals surface area contributed by atoms with Gasteiger partial charge in [0.05, 0.1) is 31.2 Å². The lowest BCUT2D eigenvalue weighted by Gasteiger charge is -2.42. The Kier molecular flexibility index (Phi) is 7.45. The third kappa shape index (κ3) is 5.89. The third-order valence-electron chi connectivity index (χ3n) is 4.11. The number of carbonyl (C=O) groups is 1. The highest BCUT2D eigenvalue weighted by atomic mass is 28.4. The van der Waals surface area contributed by atoms with E-state index in [-0.39, 0.29) is 11.5 Å². The maximum Gasteiger partial charge on any atom is 0.407 e.